The first kappa shape index (κ1) is 9.36. The average Bonchev–Trinajstić information content (AvgIpc) is 2.08. The van der Waals surface area contributed by atoms with Gasteiger partial charge in [0.15, 0.2) is 6.29 Å². The zero-order valence-corrected chi connectivity index (χ0v) is 7.60. The molecule has 1 aromatic carbocycles. The average molecular weight is 205 g/mol. The highest BCUT2D eigenvalue weighted by atomic mass is 35.5. The van der Waals surface area contributed by atoms with Crippen LogP contribution in [0.25, 0.3) is 0 Å². The second-order valence-electron chi connectivity index (χ2n) is 2.03. The van der Waals surface area contributed by atoms with Gasteiger partial charge in [0.1, 0.15) is 17.4 Å². The van der Waals surface area contributed by atoms with Gasteiger partial charge in [-0.05, 0) is 12.1 Å². The van der Waals surface area contributed by atoms with Gasteiger partial charge < -0.3 is 4.74 Å². The summed E-state index contributed by atoms with van der Waals surface area (Å²) in [6, 6.07) is 5.00. The van der Waals surface area contributed by atoms with Gasteiger partial charge in [0.25, 0.3) is 0 Å². The van der Waals surface area contributed by atoms with E-state index in [1.165, 1.54) is 0 Å². The van der Waals surface area contributed by atoms with E-state index < -0.39 is 0 Å². The Labute approximate surface area is 80.0 Å². The maximum absolute atomic E-state index is 9.97. The minimum Gasteiger partial charge on any atom is -0.485 e. The third-order valence-electron chi connectivity index (χ3n) is 1.22. The quantitative estimate of drug-likeness (QED) is 0.708. The van der Waals surface area contributed by atoms with E-state index in [-0.39, 0.29) is 6.61 Å². The molecule has 0 aliphatic carbocycles. The molecule has 0 atom stereocenters. The molecule has 1 rings (SSSR count). The summed E-state index contributed by atoms with van der Waals surface area (Å²) in [7, 11) is 0. The molecule has 0 fully saturated rings. The molecule has 64 valence electrons. The van der Waals surface area contributed by atoms with Crippen molar-refractivity contribution < 1.29 is 9.53 Å². The van der Waals surface area contributed by atoms with Crippen LogP contribution in [0.1, 0.15) is 0 Å². The molecule has 0 unspecified atom stereocenters. The molecule has 0 aliphatic heterocycles. The van der Waals surface area contributed by atoms with Crippen molar-refractivity contribution in [1.29, 1.82) is 0 Å². The van der Waals surface area contributed by atoms with E-state index in [1.54, 1.807) is 18.2 Å². The molecule has 0 aliphatic rings. The van der Waals surface area contributed by atoms with Gasteiger partial charge in [0, 0.05) is 0 Å². The first-order valence-electron chi connectivity index (χ1n) is 3.26. The lowest BCUT2D eigenvalue weighted by Gasteiger charge is -2.04. The van der Waals surface area contributed by atoms with Crippen LogP contribution in [0, 0.1) is 0 Å². The molecule has 12 heavy (non-hydrogen) atoms. The number of benzene rings is 1. The van der Waals surface area contributed by atoms with Crippen LogP contribution >= 0.6 is 23.2 Å². The second-order valence-corrected chi connectivity index (χ2v) is 2.81. The Morgan fingerprint density at radius 2 is 2.17 bits per heavy atom. The first-order chi connectivity index (χ1) is 5.75. The van der Waals surface area contributed by atoms with Gasteiger partial charge in [-0.1, -0.05) is 29.3 Å². The third kappa shape index (κ3) is 2.13. The van der Waals surface area contributed by atoms with Crippen LogP contribution < -0.4 is 4.74 Å². The Balaban J connectivity index is 2.84. The molecule has 0 saturated carbocycles. The van der Waals surface area contributed by atoms with Crippen molar-refractivity contribution >= 4 is 29.5 Å². The Morgan fingerprint density at radius 1 is 1.42 bits per heavy atom. The van der Waals surface area contributed by atoms with Crippen molar-refractivity contribution in [1.82, 2.24) is 0 Å². The van der Waals surface area contributed by atoms with Gasteiger partial charge in [0.2, 0.25) is 0 Å². The van der Waals surface area contributed by atoms with Crippen molar-refractivity contribution in [3.63, 3.8) is 0 Å². The Morgan fingerprint density at radius 3 is 2.83 bits per heavy atom. The highest BCUT2D eigenvalue weighted by Gasteiger charge is 2.03. The van der Waals surface area contributed by atoms with Crippen molar-refractivity contribution in [2.45, 2.75) is 0 Å². The maximum atomic E-state index is 9.97. The highest BCUT2D eigenvalue weighted by Crippen LogP contribution is 2.31. The molecule has 1 aromatic rings. The SMILES string of the molecule is O=CCOc1cccc(Cl)c1Cl. The van der Waals surface area contributed by atoms with Crippen LogP contribution in [0.15, 0.2) is 18.2 Å². The van der Waals surface area contributed by atoms with E-state index in [1.807, 2.05) is 0 Å². The minimum absolute atomic E-state index is 0.0138. The number of carbonyl (C=O) groups is 1. The lowest BCUT2D eigenvalue weighted by molar-refractivity contribution is -0.109. The van der Waals surface area contributed by atoms with E-state index in [2.05, 4.69) is 0 Å². The lowest BCUT2D eigenvalue weighted by Crippen LogP contribution is -1.97. The molecule has 0 amide bonds. The predicted molar refractivity (Wildman–Crippen MR) is 48.0 cm³/mol. The number of aldehydes is 1. The molecule has 0 heterocycles. The van der Waals surface area contributed by atoms with Gasteiger partial charge in [-0.2, -0.15) is 0 Å². The van der Waals surface area contributed by atoms with Crippen LogP contribution in [0.3, 0.4) is 0 Å². The number of ether oxygens (including phenoxy) is 1. The highest BCUT2D eigenvalue weighted by molar-refractivity contribution is 6.42. The number of halogens is 2. The van der Waals surface area contributed by atoms with E-state index in [0.717, 1.165) is 0 Å². The fourth-order valence-corrected chi connectivity index (χ4v) is 1.07. The standard InChI is InChI=1S/C8H6Cl2O2/c9-6-2-1-3-7(8(6)10)12-5-4-11/h1-4H,5H2. The number of hydrogen-bond donors (Lipinski definition) is 0. The Kier molecular flexibility index (Phi) is 3.38. The van der Waals surface area contributed by atoms with Crippen LogP contribution in [0.4, 0.5) is 0 Å². The molecule has 4 heteroatoms. The summed E-state index contributed by atoms with van der Waals surface area (Å²) in [6.07, 6.45) is 0.650. The molecule has 0 bridgehead atoms. The summed E-state index contributed by atoms with van der Waals surface area (Å²) in [5, 5.41) is 0.751. The third-order valence-corrected chi connectivity index (χ3v) is 2.02. The van der Waals surface area contributed by atoms with Crippen molar-refractivity contribution in [2.75, 3.05) is 6.61 Å². The molecule has 0 spiro atoms. The summed E-state index contributed by atoms with van der Waals surface area (Å²) in [5.74, 6) is 0.427. The minimum atomic E-state index is -0.0138. The number of hydrogen-bond acceptors (Lipinski definition) is 2. The first-order valence-corrected chi connectivity index (χ1v) is 4.01. The molecule has 0 saturated heterocycles. The smallest absolute Gasteiger partial charge is 0.157 e. The fraction of sp³-hybridized carbons (Fsp3) is 0.125. The van der Waals surface area contributed by atoms with E-state index in [9.17, 15) is 4.79 Å². The van der Waals surface area contributed by atoms with E-state index in [0.29, 0.717) is 22.1 Å². The fourth-order valence-electron chi connectivity index (χ4n) is 0.719. The van der Waals surface area contributed by atoms with Gasteiger partial charge in [0.05, 0.1) is 5.02 Å². The molecule has 0 radical (unpaired) electrons. The van der Waals surface area contributed by atoms with Gasteiger partial charge >= 0.3 is 0 Å². The summed E-state index contributed by atoms with van der Waals surface area (Å²) in [6.45, 7) is -0.0138. The lowest BCUT2D eigenvalue weighted by atomic mass is 10.3. The molecule has 0 N–H and O–H groups in total. The van der Waals surface area contributed by atoms with Crippen LogP contribution in [0.2, 0.25) is 10.0 Å². The predicted octanol–water partition coefficient (Wildman–Crippen LogP) is 2.57. The van der Waals surface area contributed by atoms with Crippen LogP contribution in [-0.4, -0.2) is 12.9 Å². The zero-order valence-electron chi connectivity index (χ0n) is 6.09. The molecule has 0 aromatic heterocycles. The molecule has 2 nitrogen and oxygen atoms in total. The Hall–Kier alpha value is -0.730. The number of rotatable bonds is 3. The van der Waals surface area contributed by atoms with E-state index in [4.69, 9.17) is 27.9 Å². The Bertz CT molecular complexity index is 286. The van der Waals surface area contributed by atoms with Gasteiger partial charge in [-0.25, -0.2) is 0 Å². The molecular formula is C8H6Cl2O2. The largest absolute Gasteiger partial charge is 0.485 e. The molecular weight excluding hydrogens is 199 g/mol. The zero-order chi connectivity index (χ0) is 8.97. The van der Waals surface area contributed by atoms with Gasteiger partial charge in [-0.3, -0.25) is 4.79 Å². The summed E-state index contributed by atoms with van der Waals surface area (Å²) >= 11 is 11.4. The summed E-state index contributed by atoms with van der Waals surface area (Å²) in [4.78, 5) is 9.97. The number of carbonyl (C=O) groups excluding carboxylic acids is 1. The van der Waals surface area contributed by atoms with Crippen molar-refractivity contribution in [3.05, 3.63) is 28.2 Å². The normalized spacial score (nSPS) is 9.50. The van der Waals surface area contributed by atoms with Crippen molar-refractivity contribution in [3.8, 4) is 5.75 Å². The van der Waals surface area contributed by atoms with E-state index >= 15 is 0 Å². The summed E-state index contributed by atoms with van der Waals surface area (Å²) in [5.41, 5.74) is 0. The van der Waals surface area contributed by atoms with Crippen LogP contribution in [-0.2, 0) is 4.79 Å². The second kappa shape index (κ2) is 4.33. The monoisotopic (exact) mass is 204 g/mol. The van der Waals surface area contributed by atoms with Crippen molar-refractivity contribution in [2.24, 2.45) is 0 Å². The van der Waals surface area contributed by atoms with Crippen LogP contribution in [0.5, 0.6) is 5.75 Å². The summed E-state index contributed by atoms with van der Waals surface area (Å²) < 4.78 is 4.98. The topological polar surface area (TPSA) is 26.3 Å². The van der Waals surface area contributed by atoms with Gasteiger partial charge in [-0.15, -0.1) is 0 Å². The maximum Gasteiger partial charge on any atom is 0.157 e.